The first kappa shape index (κ1) is 21.9. The predicted octanol–water partition coefficient (Wildman–Crippen LogP) is 3.07. The van der Waals surface area contributed by atoms with Crippen LogP contribution in [0.4, 0.5) is 0 Å². The van der Waals surface area contributed by atoms with Crippen molar-refractivity contribution >= 4 is 34.2 Å². The van der Waals surface area contributed by atoms with E-state index in [1.807, 2.05) is 53.1 Å². The number of piperazine rings is 1. The van der Waals surface area contributed by atoms with Crippen molar-refractivity contribution in [2.75, 3.05) is 39.3 Å². The minimum Gasteiger partial charge on any atom is -0.335 e. The molecule has 0 aliphatic carbocycles. The van der Waals surface area contributed by atoms with Crippen LogP contribution < -0.4 is 0 Å². The molecular weight excluding hydrogens is 460 g/mol. The predicted molar refractivity (Wildman–Crippen MR) is 135 cm³/mol. The summed E-state index contributed by atoms with van der Waals surface area (Å²) >= 11 is 1.44. The summed E-state index contributed by atoms with van der Waals surface area (Å²) < 4.78 is 2.11. The second-order valence-corrected chi connectivity index (χ2v) is 9.82. The highest BCUT2D eigenvalue weighted by Gasteiger charge is 2.37. The zero-order chi connectivity index (χ0) is 23.9. The molecule has 0 saturated carbocycles. The fourth-order valence-electron chi connectivity index (χ4n) is 5.04. The topological polar surface area (TPSA) is 74.6 Å². The summed E-state index contributed by atoms with van der Waals surface area (Å²) in [5, 5.41) is 1.80. The minimum absolute atomic E-state index is 0.0108. The largest absolute Gasteiger partial charge is 0.335 e. The number of hydrogen-bond donors (Lipinski definition) is 0. The molecule has 0 atom stereocenters. The standard InChI is InChI=1S/C26H26N6O2S/c1-18-28-22-13-19(7-8-24(22)32(18)20-5-3-2-4-6-20)25(33)31-14-21(15-31)29-9-11-30(12-10-29)26(34)23-16-35-17-27-23/h2-8,13,16-17,21H,9-12,14-15H2,1H3. The lowest BCUT2D eigenvalue weighted by atomic mass is 10.0. The van der Waals surface area contributed by atoms with E-state index in [1.54, 1.807) is 10.9 Å². The maximum absolute atomic E-state index is 13.1. The van der Waals surface area contributed by atoms with Gasteiger partial charge < -0.3 is 9.80 Å². The van der Waals surface area contributed by atoms with Gasteiger partial charge in [0.25, 0.3) is 11.8 Å². The van der Waals surface area contributed by atoms with Crippen molar-refractivity contribution in [1.29, 1.82) is 0 Å². The third kappa shape index (κ3) is 4.00. The highest BCUT2D eigenvalue weighted by atomic mass is 32.1. The van der Waals surface area contributed by atoms with Gasteiger partial charge in [-0.1, -0.05) is 18.2 Å². The number of imidazole rings is 1. The Morgan fingerprint density at radius 2 is 1.71 bits per heavy atom. The molecule has 9 heteroatoms. The van der Waals surface area contributed by atoms with Gasteiger partial charge in [0.1, 0.15) is 11.5 Å². The fourth-order valence-corrected chi connectivity index (χ4v) is 5.57. The van der Waals surface area contributed by atoms with E-state index in [0.29, 0.717) is 43.5 Å². The van der Waals surface area contributed by atoms with Crippen molar-refractivity contribution in [3.8, 4) is 5.69 Å². The van der Waals surface area contributed by atoms with Gasteiger partial charge >= 0.3 is 0 Å². The first-order valence-electron chi connectivity index (χ1n) is 11.8. The Bertz CT molecular complexity index is 1370. The fraction of sp³-hybridized carbons (Fsp3) is 0.308. The van der Waals surface area contributed by atoms with Crippen LogP contribution in [0.2, 0.25) is 0 Å². The van der Waals surface area contributed by atoms with Gasteiger partial charge in [-0.3, -0.25) is 19.1 Å². The maximum atomic E-state index is 13.1. The zero-order valence-corrected chi connectivity index (χ0v) is 20.3. The molecule has 178 valence electrons. The zero-order valence-electron chi connectivity index (χ0n) is 19.5. The molecule has 0 bridgehead atoms. The summed E-state index contributed by atoms with van der Waals surface area (Å²) in [6.45, 7) is 6.46. The van der Waals surface area contributed by atoms with Gasteiger partial charge in [-0.05, 0) is 37.3 Å². The van der Waals surface area contributed by atoms with Crippen molar-refractivity contribution in [3.05, 3.63) is 76.5 Å². The van der Waals surface area contributed by atoms with Crippen molar-refractivity contribution in [2.24, 2.45) is 0 Å². The summed E-state index contributed by atoms with van der Waals surface area (Å²) in [6, 6.07) is 16.3. The lowest BCUT2D eigenvalue weighted by molar-refractivity contribution is 0.00844. The summed E-state index contributed by atoms with van der Waals surface area (Å²) in [5.41, 5.74) is 5.78. The molecule has 2 aliphatic rings. The number of likely N-dealkylation sites (tertiary alicyclic amines) is 1. The highest BCUT2D eigenvalue weighted by Crippen LogP contribution is 2.25. The Balaban J connectivity index is 1.08. The average Bonchev–Trinajstić information content (AvgIpc) is 3.50. The number of aryl methyl sites for hydroxylation is 1. The van der Waals surface area contributed by atoms with Gasteiger partial charge in [0, 0.05) is 61.9 Å². The molecule has 8 nitrogen and oxygen atoms in total. The van der Waals surface area contributed by atoms with E-state index in [2.05, 4.69) is 26.6 Å². The molecule has 2 fully saturated rings. The van der Waals surface area contributed by atoms with Crippen LogP contribution in [-0.2, 0) is 0 Å². The Hall–Kier alpha value is -3.56. The van der Waals surface area contributed by atoms with Crippen LogP contribution in [0.5, 0.6) is 0 Å². The number of hydrogen-bond acceptors (Lipinski definition) is 6. The molecular formula is C26H26N6O2S. The maximum Gasteiger partial charge on any atom is 0.273 e. The van der Waals surface area contributed by atoms with Gasteiger partial charge in [-0.15, -0.1) is 11.3 Å². The molecule has 0 radical (unpaired) electrons. The summed E-state index contributed by atoms with van der Waals surface area (Å²) in [7, 11) is 0. The highest BCUT2D eigenvalue weighted by molar-refractivity contribution is 7.07. The van der Waals surface area contributed by atoms with E-state index in [4.69, 9.17) is 4.98 Å². The SMILES string of the molecule is Cc1nc2cc(C(=O)N3CC(N4CCN(C(=O)c5cscn5)CC4)C3)ccc2n1-c1ccccc1. The number of benzene rings is 2. The number of aromatic nitrogens is 3. The minimum atomic E-state index is 0.0108. The first-order valence-corrected chi connectivity index (χ1v) is 12.8. The van der Waals surface area contributed by atoms with Crippen molar-refractivity contribution in [2.45, 2.75) is 13.0 Å². The number of para-hydroxylation sites is 1. The van der Waals surface area contributed by atoms with Crippen LogP contribution >= 0.6 is 11.3 Å². The molecule has 0 spiro atoms. The van der Waals surface area contributed by atoms with E-state index in [-0.39, 0.29) is 11.8 Å². The number of carbonyl (C=O) groups excluding carboxylic acids is 2. The monoisotopic (exact) mass is 486 g/mol. The third-order valence-electron chi connectivity index (χ3n) is 7.00. The number of amides is 2. The molecule has 2 aromatic heterocycles. The van der Waals surface area contributed by atoms with E-state index in [9.17, 15) is 9.59 Å². The third-order valence-corrected chi connectivity index (χ3v) is 7.59. The van der Waals surface area contributed by atoms with Crippen LogP contribution in [-0.4, -0.2) is 86.4 Å². The number of fused-ring (bicyclic) bond motifs is 1. The van der Waals surface area contributed by atoms with Gasteiger partial charge in [0.2, 0.25) is 0 Å². The van der Waals surface area contributed by atoms with Crippen LogP contribution in [0.1, 0.15) is 26.7 Å². The molecule has 2 amide bonds. The second kappa shape index (κ2) is 8.90. The normalized spacial score (nSPS) is 17.1. The molecule has 2 saturated heterocycles. The van der Waals surface area contributed by atoms with E-state index in [0.717, 1.165) is 35.6 Å². The average molecular weight is 487 g/mol. The number of thiazole rings is 1. The summed E-state index contributed by atoms with van der Waals surface area (Å²) in [6.07, 6.45) is 0. The van der Waals surface area contributed by atoms with Gasteiger partial charge in [-0.25, -0.2) is 9.97 Å². The summed E-state index contributed by atoms with van der Waals surface area (Å²) in [4.78, 5) is 40.7. The summed E-state index contributed by atoms with van der Waals surface area (Å²) in [5.74, 6) is 0.955. The molecule has 2 aromatic carbocycles. The molecule has 4 aromatic rings. The van der Waals surface area contributed by atoms with Gasteiger partial charge in [0.05, 0.1) is 16.5 Å². The molecule has 2 aliphatic heterocycles. The van der Waals surface area contributed by atoms with E-state index < -0.39 is 0 Å². The van der Waals surface area contributed by atoms with Gasteiger partial charge in [-0.2, -0.15) is 0 Å². The molecule has 4 heterocycles. The molecule has 0 N–H and O–H groups in total. The quantitative estimate of drug-likeness (QED) is 0.443. The van der Waals surface area contributed by atoms with E-state index in [1.165, 1.54) is 11.3 Å². The molecule has 0 unspecified atom stereocenters. The second-order valence-electron chi connectivity index (χ2n) is 9.10. The number of rotatable bonds is 4. The lowest BCUT2D eigenvalue weighted by Gasteiger charge is -2.48. The van der Waals surface area contributed by atoms with Crippen LogP contribution in [0, 0.1) is 6.92 Å². The number of carbonyl (C=O) groups is 2. The van der Waals surface area contributed by atoms with Crippen LogP contribution in [0.25, 0.3) is 16.7 Å². The smallest absolute Gasteiger partial charge is 0.273 e. The van der Waals surface area contributed by atoms with E-state index >= 15 is 0 Å². The Morgan fingerprint density at radius 1 is 0.943 bits per heavy atom. The van der Waals surface area contributed by atoms with Crippen molar-refractivity contribution < 1.29 is 9.59 Å². The van der Waals surface area contributed by atoms with Gasteiger partial charge in [0.15, 0.2) is 0 Å². The Labute approximate surface area is 207 Å². The lowest BCUT2D eigenvalue weighted by Crippen LogP contribution is -2.64. The Morgan fingerprint density at radius 3 is 2.43 bits per heavy atom. The Kier molecular flexibility index (Phi) is 5.58. The van der Waals surface area contributed by atoms with Crippen molar-refractivity contribution in [1.82, 2.24) is 29.2 Å². The molecule has 35 heavy (non-hydrogen) atoms. The van der Waals surface area contributed by atoms with Crippen LogP contribution in [0.3, 0.4) is 0 Å². The van der Waals surface area contributed by atoms with Crippen LogP contribution in [0.15, 0.2) is 59.4 Å². The number of nitrogens with zero attached hydrogens (tertiary/aromatic N) is 6. The first-order chi connectivity index (χ1) is 17.1. The molecule has 6 rings (SSSR count). The van der Waals surface area contributed by atoms with Crippen molar-refractivity contribution in [3.63, 3.8) is 0 Å².